The summed E-state index contributed by atoms with van der Waals surface area (Å²) >= 11 is 0. The number of nitrogens with one attached hydrogen (secondary N) is 2. The standard InChI is InChI=1S/C23H38N6O/c1-24-22(30)19-20-9-13-29(14-10-20)23(25-2)26-11-6-12-27-15-17-28(18-16-27)21-7-4-3-5-8-21/h3-5,7-8,20H,6,9-19H2,1-2H3,(H,24,30)(H,25,26). The highest BCUT2D eigenvalue weighted by Gasteiger charge is 2.23. The molecule has 1 amide bonds. The molecule has 2 heterocycles. The Morgan fingerprint density at radius 1 is 1.07 bits per heavy atom. The third-order valence-corrected chi connectivity index (χ3v) is 6.31. The number of benzene rings is 1. The first-order valence-electron chi connectivity index (χ1n) is 11.4. The van der Waals surface area contributed by atoms with E-state index in [1.807, 2.05) is 7.05 Å². The van der Waals surface area contributed by atoms with Gasteiger partial charge in [0.1, 0.15) is 0 Å². The number of piperazine rings is 1. The first-order valence-corrected chi connectivity index (χ1v) is 11.4. The molecular formula is C23H38N6O. The molecule has 7 nitrogen and oxygen atoms in total. The molecule has 0 bridgehead atoms. The van der Waals surface area contributed by atoms with E-state index in [0.29, 0.717) is 12.3 Å². The minimum atomic E-state index is 0.153. The predicted octanol–water partition coefficient (Wildman–Crippen LogP) is 1.62. The maximum atomic E-state index is 11.6. The lowest BCUT2D eigenvalue weighted by atomic mass is 9.93. The van der Waals surface area contributed by atoms with Gasteiger partial charge in [0.05, 0.1) is 0 Å². The lowest BCUT2D eigenvalue weighted by Crippen LogP contribution is -2.48. The van der Waals surface area contributed by atoms with Gasteiger partial charge in [-0.1, -0.05) is 18.2 Å². The molecule has 7 heteroatoms. The van der Waals surface area contributed by atoms with Crippen molar-refractivity contribution in [2.75, 3.05) is 71.4 Å². The fraction of sp³-hybridized carbons (Fsp3) is 0.652. The Bertz CT molecular complexity index is 664. The number of anilines is 1. The van der Waals surface area contributed by atoms with Crippen molar-refractivity contribution in [2.45, 2.75) is 25.7 Å². The maximum Gasteiger partial charge on any atom is 0.220 e. The zero-order chi connectivity index (χ0) is 21.2. The van der Waals surface area contributed by atoms with E-state index < -0.39 is 0 Å². The van der Waals surface area contributed by atoms with Crippen molar-refractivity contribution in [3.8, 4) is 0 Å². The average Bonchev–Trinajstić information content (AvgIpc) is 2.81. The molecule has 1 aromatic carbocycles. The highest BCUT2D eigenvalue weighted by molar-refractivity contribution is 5.80. The van der Waals surface area contributed by atoms with Gasteiger partial charge in [0.2, 0.25) is 5.91 Å². The smallest absolute Gasteiger partial charge is 0.220 e. The molecule has 30 heavy (non-hydrogen) atoms. The van der Waals surface area contributed by atoms with Crippen LogP contribution in [0.15, 0.2) is 35.3 Å². The minimum Gasteiger partial charge on any atom is -0.369 e. The summed E-state index contributed by atoms with van der Waals surface area (Å²) in [7, 11) is 3.58. The van der Waals surface area contributed by atoms with E-state index >= 15 is 0 Å². The molecule has 2 aliphatic heterocycles. The predicted molar refractivity (Wildman–Crippen MR) is 124 cm³/mol. The number of hydrogen-bond donors (Lipinski definition) is 2. The summed E-state index contributed by atoms with van der Waals surface area (Å²) in [6.07, 6.45) is 3.88. The number of likely N-dealkylation sites (tertiary alicyclic amines) is 1. The molecule has 2 N–H and O–H groups in total. The van der Waals surface area contributed by atoms with Crippen molar-refractivity contribution in [3.05, 3.63) is 30.3 Å². The van der Waals surface area contributed by atoms with Crippen molar-refractivity contribution in [1.82, 2.24) is 20.4 Å². The van der Waals surface area contributed by atoms with Crippen LogP contribution in [0.25, 0.3) is 0 Å². The Balaban J connectivity index is 1.30. The average molecular weight is 415 g/mol. The van der Waals surface area contributed by atoms with Gasteiger partial charge in [-0.15, -0.1) is 0 Å². The number of piperidine rings is 1. The van der Waals surface area contributed by atoms with E-state index in [0.717, 1.165) is 77.6 Å². The summed E-state index contributed by atoms with van der Waals surface area (Å²) in [5.41, 5.74) is 1.33. The van der Waals surface area contributed by atoms with Gasteiger partial charge in [-0.05, 0) is 43.9 Å². The maximum absolute atomic E-state index is 11.6. The normalized spacial score (nSPS) is 19.1. The molecule has 0 aromatic heterocycles. The number of aliphatic imine (C=N–C) groups is 1. The van der Waals surface area contributed by atoms with E-state index in [-0.39, 0.29) is 5.91 Å². The van der Waals surface area contributed by atoms with Crippen LogP contribution in [0.5, 0.6) is 0 Å². The number of amides is 1. The van der Waals surface area contributed by atoms with Gasteiger partial charge in [0, 0.05) is 72.0 Å². The summed E-state index contributed by atoms with van der Waals surface area (Å²) in [6, 6.07) is 10.7. The van der Waals surface area contributed by atoms with E-state index in [1.54, 1.807) is 7.05 Å². The van der Waals surface area contributed by atoms with Crippen LogP contribution in [-0.4, -0.2) is 88.1 Å². The first kappa shape index (κ1) is 22.4. The monoisotopic (exact) mass is 414 g/mol. The molecule has 0 aliphatic carbocycles. The van der Waals surface area contributed by atoms with Gasteiger partial charge in [0.25, 0.3) is 0 Å². The fourth-order valence-electron chi connectivity index (χ4n) is 4.42. The molecule has 1 aromatic rings. The SMILES string of the molecule is CN=C(NCCCN1CCN(c2ccccc2)CC1)N1CCC(CC(=O)NC)CC1. The van der Waals surface area contributed by atoms with Crippen molar-refractivity contribution in [2.24, 2.45) is 10.9 Å². The van der Waals surface area contributed by atoms with Gasteiger partial charge in [-0.25, -0.2) is 0 Å². The second kappa shape index (κ2) is 11.8. The zero-order valence-corrected chi connectivity index (χ0v) is 18.6. The van der Waals surface area contributed by atoms with Crippen molar-refractivity contribution in [1.29, 1.82) is 0 Å². The minimum absolute atomic E-state index is 0.153. The molecule has 0 saturated carbocycles. The summed E-state index contributed by atoms with van der Waals surface area (Å²) < 4.78 is 0. The number of para-hydroxylation sites is 1. The fourth-order valence-corrected chi connectivity index (χ4v) is 4.42. The van der Waals surface area contributed by atoms with Crippen LogP contribution in [0.2, 0.25) is 0 Å². The van der Waals surface area contributed by atoms with Gasteiger partial charge >= 0.3 is 0 Å². The Morgan fingerprint density at radius 3 is 2.40 bits per heavy atom. The number of hydrogen-bond acceptors (Lipinski definition) is 4. The number of nitrogens with zero attached hydrogens (tertiary/aromatic N) is 4. The first-order chi connectivity index (χ1) is 14.7. The lowest BCUT2D eigenvalue weighted by molar-refractivity contribution is -0.121. The molecular weight excluding hydrogens is 376 g/mol. The number of rotatable bonds is 7. The number of carbonyl (C=O) groups is 1. The Hall–Kier alpha value is -2.28. The molecule has 2 aliphatic rings. The molecule has 3 rings (SSSR count). The van der Waals surface area contributed by atoms with Crippen LogP contribution in [0.3, 0.4) is 0 Å². The topological polar surface area (TPSA) is 63.2 Å². The Morgan fingerprint density at radius 2 is 1.77 bits per heavy atom. The van der Waals surface area contributed by atoms with Gasteiger partial charge < -0.3 is 20.4 Å². The molecule has 0 spiro atoms. The number of carbonyl (C=O) groups excluding carboxylic acids is 1. The largest absolute Gasteiger partial charge is 0.369 e. The van der Waals surface area contributed by atoms with Gasteiger partial charge in [-0.3, -0.25) is 14.7 Å². The van der Waals surface area contributed by atoms with Crippen LogP contribution in [0, 0.1) is 5.92 Å². The van der Waals surface area contributed by atoms with Crippen LogP contribution < -0.4 is 15.5 Å². The summed E-state index contributed by atoms with van der Waals surface area (Å²) in [5.74, 6) is 1.65. The summed E-state index contributed by atoms with van der Waals surface area (Å²) in [4.78, 5) is 23.4. The Labute approximate surface area is 181 Å². The zero-order valence-electron chi connectivity index (χ0n) is 18.6. The second-order valence-corrected chi connectivity index (χ2v) is 8.30. The highest BCUT2D eigenvalue weighted by atomic mass is 16.1. The van der Waals surface area contributed by atoms with E-state index in [2.05, 4.69) is 60.7 Å². The summed E-state index contributed by atoms with van der Waals surface area (Å²) in [6.45, 7) is 8.48. The van der Waals surface area contributed by atoms with E-state index in [4.69, 9.17) is 0 Å². The van der Waals surface area contributed by atoms with Crippen molar-refractivity contribution >= 4 is 17.6 Å². The molecule has 0 unspecified atom stereocenters. The molecule has 0 atom stereocenters. The van der Waals surface area contributed by atoms with E-state index in [9.17, 15) is 4.79 Å². The van der Waals surface area contributed by atoms with Crippen LogP contribution in [0.4, 0.5) is 5.69 Å². The second-order valence-electron chi connectivity index (χ2n) is 8.30. The Kier molecular flexibility index (Phi) is 8.81. The lowest BCUT2D eigenvalue weighted by Gasteiger charge is -2.36. The third kappa shape index (κ3) is 6.62. The van der Waals surface area contributed by atoms with Gasteiger partial charge in [0.15, 0.2) is 5.96 Å². The molecule has 2 saturated heterocycles. The highest BCUT2D eigenvalue weighted by Crippen LogP contribution is 2.20. The van der Waals surface area contributed by atoms with Crippen LogP contribution in [-0.2, 0) is 4.79 Å². The molecule has 0 radical (unpaired) electrons. The van der Waals surface area contributed by atoms with E-state index in [1.165, 1.54) is 5.69 Å². The van der Waals surface area contributed by atoms with Crippen LogP contribution >= 0.6 is 0 Å². The van der Waals surface area contributed by atoms with Gasteiger partial charge in [-0.2, -0.15) is 0 Å². The third-order valence-electron chi connectivity index (χ3n) is 6.31. The summed E-state index contributed by atoms with van der Waals surface area (Å²) in [5, 5.41) is 6.27. The van der Waals surface area contributed by atoms with Crippen molar-refractivity contribution < 1.29 is 4.79 Å². The number of guanidine groups is 1. The molecule has 2 fully saturated rings. The van der Waals surface area contributed by atoms with Crippen molar-refractivity contribution in [3.63, 3.8) is 0 Å². The van der Waals surface area contributed by atoms with Crippen LogP contribution in [0.1, 0.15) is 25.7 Å². The quantitative estimate of drug-likeness (QED) is 0.403. The molecule has 166 valence electrons.